The Morgan fingerprint density at radius 3 is 2.75 bits per heavy atom. The van der Waals surface area contributed by atoms with Crippen LogP contribution in [0, 0.1) is 0 Å². The molecule has 0 aromatic heterocycles. The lowest BCUT2D eigenvalue weighted by Gasteiger charge is -2.22. The van der Waals surface area contributed by atoms with E-state index >= 15 is 0 Å². The Morgan fingerprint density at radius 1 is 1.38 bits per heavy atom. The van der Waals surface area contributed by atoms with Crippen molar-refractivity contribution in [2.24, 2.45) is 0 Å². The molecule has 2 fully saturated rings. The molecule has 0 spiro atoms. The van der Waals surface area contributed by atoms with Crippen molar-refractivity contribution in [2.45, 2.75) is 57.5 Å². The third-order valence-corrected chi connectivity index (χ3v) is 3.74. The van der Waals surface area contributed by atoms with Crippen LogP contribution in [0.5, 0.6) is 0 Å². The number of nitrogens with one attached hydrogen (secondary N) is 1. The van der Waals surface area contributed by atoms with E-state index in [0.29, 0.717) is 18.0 Å². The summed E-state index contributed by atoms with van der Waals surface area (Å²) >= 11 is 0. The summed E-state index contributed by atoms with van der Waals surface area (Å²) in [4.78, 5) is 14.0. The number of hydrogen-bond donors (Lipinski definition) is 1. The van der Waals surface area contributed by atoms with Gasteiger partial charge in [0.05, 0.1) is 0 Å². The van der Waals surface area contributed by atoms with E-state index in [9.17, 15) is 4.79 Å². The molecule has 2 aliphatic heterocycles. The summed E-state index contributed by atoms with van der Waals surface area (Å²) < 4.78 is 0. The lowest BCUT2D eigenvalue weighted by Crippen LogP contribution is -2.34. The smallest absolute Gasteiger partial charge is 0.222 e. The molecule has 2 heterocycles. The quantitative estimate of drug-likeness (QED) is 0.826. The van der Waals surface area contributed by atoms with Crippen molar-refractivity contribution >= 4 is 18.3 Å². The minimum Gasteiger partial charge on any atom is -0.340 e. The molecule has 2 rings (SSSR count). The first-order valence-corrected chi connectivity index (χ1v) is 6.30. The van der Waals surface area contributed by atoms with Gasteiger partial charge in [-0.25, -0.2) is 0 Å². The van der Waals surface area contributed by atoms with Crippen LogP contribution < -0.4 is 5.32 Å². The molecule has 94 valence electrons. The highest BCUT2D eigenvalue weighted by molar-refractivity contribution is 5.85. The van der Waals surface area contributed by atoms with Crippen LogP contribution in [0.15, 0.2) is 0 Å². The van der Waals surface area contributed by atoms with Crippen LogP contribution in [0.2, 0.25) is 0 Å². The molecule has 2 saturated heterocycles. The van der Waals surface area contributed by atoms with Crippen LogP contribution in [-0.4, -0.2) is 36.0 Å². The van der Waals surface area contributed by atoms with E-state index in [0.717, 1.165) is 25.9 Å². The van der Waals surface area contributed by atoms with Gasteiger partial charge in [-0.1, -0.05) is 0 Å². The molecule has 3 nitrogen and oxygen atoms in total. The molecule has 2 unspecified atom stereocenters. The number of nitrogens with zero attached hydrogens (tertiary/aromatic N) is 1. The number of hydrogen-bond acceptors (Lipinski definition) is 2. The van der Waals surface area contributed by atoms with E-state index in [4.69, 9.17) is 0 Å². The molecule has 0 aromatic carbocycles. The molecule has 0 bridgehead atoms. The first kappa shape index (κ1) is 13.8. The molecule has 0 aromatic rings. The van der Waals surface area contributed by atoms with Gasteiger partial charge in [0.2, 0.25) is 5.91 Å². The zero-order chi connectivity index (χ0) is 10.7. The van der Waals surface area contributed by atoms with Crippen molar-refractivity contribution in [3.05, 3.63) is 0 Å². The Hall–Kier alpha value is -0.280. The number of carbonyl (C=O) groups excluding carboxylic acids is 1. The van der Waals surface area contributed by atoms with Crippen LogP contribution in [0.1, 0.15) is 45.4 Å². The standard InChI is InChI=1S/C12H22N2O.ClH/c1-10-4-3-9-14(10)12(15)7-6-11-5-2-8-13-11;/h10-11,13H,2-9H2,1H3;1H. The largest absolute Gasteiger partial charge is 0.340 e. The molecule has 16 heavy (non-hydrogen) atoms. The minimum absolute atomic E-state index is 0. The first-order valence-electron chi connectivity index (χ1n) is 6.30. The highest BCUT2D eigenvalue weighted by Crippen LogP contribution is 2.19. The zero-order valence-corrected chi connectivity index (χ0v) is 10.9. The highest BCUT2D eigenvalue weighted by atomic mass is 35.5. The van der Waals surface area contributed by atoms with E-state index in [-0.39, 0.29) is 12.4 Å². The SMILES string of the molecule is CC1CCCN1C(=O)CCC1CCCN1.Cl. The van der Waals surface area contributed by atoms with E-state index < -0.39 is 0 Å². The summed E-state index contributed by atoms with van der Waals surface area (Å²) in [6, 6.07) is 1.08. The molecule has 1 amide bonds. The maximum Gasteiger partial charge on any atom is 0.222 e. The molecular weight excluding hydrogens is 224 g/mol. The first-order chi connectivity index (χ1) is 7.27. The van der Waals surface area contributed by atoms with Crippen LogP contribution in [0.25, 0.3) is 0 Å². The fourth-order valence-corrected chi connectivity index (χ4v) is 2.75. The third-order valence-electron chi connectivity index (χ3n) is 3.74. The van der Waals surface area contributed by atoms with Crippen molar-refractivity contribution in [2.75, 3.05) is 13.1 Å². The number of halogens is 1. The average Bonchev–Trinajstić information content (AvgIpc) is 2.84. The van der Waals surface area contributed by atoms with Gasteiger partial charge in [0, 0.05) is 25.0 Å². The summed E-state index contributed by atoms with van der Waals surface area (Å²) in [5, 5.41) is 3.44. The fourth-order valence-electron chi connectivity index (χ4n) is 2.75. The summed E-state index contributed by atoms with van der Waals surface area (Å²) in [5.74, 6) is 0.369. The second-order valence-electron chi connectivity index (χ2n) is 4.91. The van der Waals surface area contributed by atoms with Crippen LogP contribution in [0.4, 0.5) is 0 Å². The minimum atomic E-state index is 0. The van der Waals surface area contributed by atoms with Crippen LogP contribution >= 0.6 is 12.4 Å². The Morgan fingerprint density at radius 2 is 2.19 bits per heavy atom. The summed E-state index contributed by atoms with van der Waals surface area (Å²) in [7, 11) is 0. The Balaban J connectivity index is 0.00000128. The Labute approximate surface area is 104 Å². The van der Waals surface area contributed by atoms with E-state index in [1.54, 1.807) is 0 Å². The predicted octanol–water partition coefficient (Wildman–Crippen LogP) is 1.95. The van der Waals surface area contributed by atoms with Gasteiger partial charge in [0.25, 0.3) is 0 Å². The maximum atomic E-state index is 11.9. The van der Waals surface area contributed by atoms with Crippen molar-refractivity contribution in [1.29, 1.82) is 0 Å². The molecule has 0 radical (unpaired) electrons. The van der Waals surface area contributed by atoms with Gasteiger partial charge < -0.3 is 10.2 Å². The third kappa shape index (κ3) is 3.36. The normalized spacial score (nSPS) is 29.2. The number of amides is 1. The lowest BCUT2D eigenvalue weighted by atomic mass is 10.1. The molecule has 2 aliphatic rings. The van der Waals surface area contributed by atoms with Gasteiger partial charge in [-0.2, -0.15) is 0 Å². The van der Waals surface area contributed by atoms with Crippen LogP contribution in [-0.2, 0) is 4.79 Å². The topological polar surface area (TPSA) is 32.3 Å². The zero-order valence-electron chi connectivity index (χ0n) is 10.1. The van der Waals surface area contributed by atoms with Gasteiger partial charge in [0.15, 0.2) is 0 Å². The van der Waals surface area contributed by atoms with Crippen molar-refractivity contribution in [3.8, 4) is 0 Å². The lowest BCUT2D eigenvalue weighted by molar-refractivity contribution is -0.131. The van der Waals surface area contributed by atoms with Gasteiger partial charge in [-0.05, 0) is 45.6 Å². The molecule has 0 saturated carbocycles. The number of carbonyl (C=O) groups is 1. The van der Waals surface area contributed by atoms with E-state index in [1.165, 1.54) is 25.7 Å². The number of likely N-dealkylation sites (tertiary alicyclic amines) is 1. The fraction of sp³-hybridized carbons (Fsp3) is 0.917. The summed E-state index contributed by atoms with van der Waals surface area (Å²) in [6.07, 6.45) is 6.67. The van der Waals surface area contributed by atoms with Gasteiger partial charge in [-0.3, -0.25) is 4.79 Å². The Kier molecular flexibility index (Phi) is 5.56. The average molecular weight is 247 g/mol. The van der Waals surface area contributed by atoms with Crippen molar-refractivity contribution < 1.29 is 4.79 Å². The highest BCUT2D eigenvalue weighted by Gasteiger charge is 2.25. The van der Waals surface area contributed by atoms with Crippen molar-refractivity contribution in [3.63, 3.8) is 0 Å². The van der Waals surface area contributed by atoms with Crippen molar-refractivity contribution in [1.82, 2.24) is 10.2 Å². The maximum absolute atomic E-state index is 11.9. The predicted molar refractivity (Wildman–Crippen MR) is 67.9 cm³/mol. The Bertz CT molecular complexity index is 229. The van der Waals surface area contributed by atoms with E-state index in [2.05, 4.69) is 17.1 Å². The van der Waals surface area contributed by atoms with Gasteiger partial charge in [0.1, 0.15) is 0 Å². The summed E-state index contributed by atoms with van der Waals surface area (Å²) in [6.45, 7) is 4.29. The molecule has 2 atom stereocenters. The summed E-state index contributed by atoms with van der Waals surface area (Å²) in [5.41, 5.74) is 0. The second kappa shape index (κ2) is 6.45. The molecule has 4 heteroatoms. The molecule has 0 aliphatic carbocycles. The van der Waals surface area contributed by atoms with Gasteiger partial charge >= 0.3 is 0 Å². The molecule has 1 N–H and O–H groups in total. The van der Waals surface area contributed by atoms with Gasteiger partial charge in [-0.15, -0.1) is 12.4 Å². The second-order valence-corrected chi connectivity index (χ2v) is 4.91. The van der Waals surface area contributed by atoms with Crippen LogP contribution in [0.3, 0.4) is 0 Å². The molecular formula is C12H23ClN2O. The monoisotopic (exact) mass is 246 g/mol. The van der Waals surface area contributed by atoms with E-state index in [1.807, 2.05) is 0 Å². The number of rotatable bonds is 3.